The molecule has 8 nitrogen and oxygen atoms in total. The summed E-state index contributed by atoms with van der Waals surface area (Å²) in [5.41, 5.74) is 4.02. The first-order valence-electron chi connectivity index (χ1n) is 10.4. The van der Waals surface area contributed by atoms with Crippen LogP contribution in [0.15, 0.2) is 29.4 Å². The molecule has 0 saturated carbocycles. The van der Waals surface area contributed by atoms with E-state index in [1.54, 1.807) is 6.92 Å². The lowest BCUT2D eigenvalue weighted by molar-refractivity contribution is -0.113. The molecule has 0 saturated heterocycles. The highest BCUT2D eigenvalue weighted by atomic mass is 32.2. The monoisotopic (exact) mass is 467 g/mol. The first-order chi connectivity index (χ1) is 15.6. The van der Waals surface area contributed by atoms with Crippen molar-refractivity contribution in [1.82, 2.24) is 19.7 Å². The molecule has 32 heavy (non-hydrogen) atoms. The van der Waals surface area contributed by atoms with Crippen molar-refractivity contribution in [2.45, 2.75) is 31.3 Å². The van der Waals surface area contributed by atoms with Crippen molar-refractivity contribution in [3.05, 3.63) is 40.3 Å². The number of benzene rings is 1. The lowest BCUT2D eigenvalue weighted by atomic mass is 10.1. The zero-order chi connectivity index (χ0) is 22.2. The number of thioether (sulfide) groups is 1. The summed E-state index contributed by atoms with van der Waals surface area (Å²) in [6.07, 6.45) is 2.80. The summed E-state index contributed by atoms with van der Waals surface area (Å²) in [7, 11) is 1.94. The van der Waals surface area contributed by atoms with Crippen LogP contribution in [0.4, 0.5) is 5.00 Å². The number of amides is 1. The number of ether oxygens (including phenoxy) is 1. The van der Waals surface area contributed by atoms with Crippen LogP contribution in [0, 0.1) is 0 Å². The third-order valence-electron chi connectivity index (χ3n) is 5.47. The second-order valence-corrected chi connectivity index (χ2v) is 9.51. The van der Waals surface area contributed by atoms with E-state index in [-0.39, 0.29) is 17.6 Å². The molecule has 1 N–H and O–H groups in total. The minimum atomic E-state index is -0.372. The number of rotatable bonds is 6. The Bertz CT molecular complexity index is 1360. The molecular weight excluding hydrogens is 446 g/mol. The van der Waals surface area contributed by atoms with E-state index in [0.29, 0.717) is 22.3 Å². The number of hydrogen-bond donors (Lipinski definition) is 1. The molecule has 4 aromatic rings. The summed E-state index contributed by atoms with van der Waals surface area (Å²) in [6.45, 7) is 2.08. The largest absolute Gasteiger partial charge is 0.462 e. The number of anilines is 1. The molecule has 3 aromatic heterocycles. The van der Waals surface area contributed by atoms with Gasteiger partial charge in [-0.3, -0.25) is 4.79 Å². The molecular formula is C22H21N5O3S2. The number of esters is 1. The van der Waals surface area contributed by atoms with Gasteiger partial charge in [-0.2, -0.15) is 0 Å². The molecule has 3 heterocycles. The fraction of sp³-hybridized carbons (Fsp3) is 0.318. The molecule has 1 aliphatic rings. The number of aryl methyl sites for hydroxylation is 2. The third kappa shape index (κ3) is 3.63. The van der Waals surface area contributed by atoms with Crippen molar-refractivity contribution in [3.63, 3.8) is 0 Å². The Morgan fingerprint density at radius 3 is 2.94 bits per heavy atom. The maximum Gasteiger partial charge on any atom is 0.341 e. The van der Waals surface area contributed by atoms with Gasteiger partial charge in [0.05, 0.1) is 23.4 Å². The van der Waals surface area contributed by atoms with Gasteiger partial charge in [0.25, 0.3) is 0 Å². The summed E-state index contributed by atoms with van der Waals surface area (Å²) in [5, 5.41) is 13.4. The topological polar surface area (TPSA) is 99.0 Å². The van der Waals surface area contributed by atoms with Crippen LogP contribution in [0.2, 0.25) is 0 Å². The van der Waals surface area contributed by atoms with Gasteiger partial charge in [-0.1, -0.05) is 30.0 Å². The standard InChI is InChI=1S/C22H21N5O3S2/c1-3-30-21(29)17-13-8-6-10-15(13)32-20(17)23-16(28)11-31-22-24-19-18(25-26-22)12-7-4-5-9-14(12)27(19)2/h4-5,7,9H,3,6,8,10-11H2,1-2H3,(H,23,28). The number of thiophene rings is 1. The van der Waals surface area contributed by atoms with Gasteiger partial charge in [-0.15, -0.1) is 21.5 Å². The van der Waals surface area contributed by atoms with E-state index >= 15 is 0 Å². The summed E-state index contributed by atoms with van der Waals surface area (Å²) < 4.78 is 7.20. The third-order valence-corrected chi connectivity index (χ3v) is 7.52. The minimum absolute atomic E-state index is 0.113. The van der Waals surface area contributed by atoms with Gasteiger partial charge in [0.15, 0.2) is 5.65 Å². The predicted octanol–water partition coefficient (Wildman–Crippen LogP) is 3.97. The van der Waals surface area contributed by atoms with Crippen LogP contribution in [0.1, 0.15) is 34.1 Å². The molecule has 1 aromatic carbocycles. The molecule has 0 aliphatic heterocycles. The number of nitrogens with zero attached hydrogens (tertiary/aromatic N) is 4. The molecule has 0 bridgehead atoms. The SMILES string of the molecule is CCOC(=O)c1c(NC(=O)CSc2nnc3c4ccccc4n(C)c3n2)sc2c1CCC2. The fourth-order valence-electron chi connectivity index (χ4n) is 4.06. The lowest BCUT2D eigenvalue weighted by Crippen LogP contribution is -2.17. The van der Waals surface area contributed by atoms with Gasteiger partial charge in [0, 0.05) is 17.3 Å². The van der Waals surface area contributed by atoms with Gasteiger partial charge in [-0.05, 0) is 37.8 Å². The molecule has 0 spiro atoms. The van der Waals surface area contributed by atoms with E-state index in [2.05, 4.69) is 20.5 Å². The first kappa shape index (κ1) is 20.9. The summed E-state index contributed by atoms with van der Waals surface area (Å²) >= 11 is 2.68. The molecule has 0 unspecified atom stereocenters. The second-order valence-electron chi connectivity index (χ2n) is 7.46. The Hall–Kier alpha value is -2.98. The lowest BCUT2D eigenvalue weighted by Gasteiger charge is -2.07. The highest BCUT2D eigenvalue weighted by Crippen LogP contribution is 2.39. The maximum atomic E-state index is 12.7. The van der Waals surface area contributed by atoms with Gasteiger partial charge in [0.1, 0.15) is 10.5 Å². The zero-order valence-corrected chi connectivity index (χ0v) is 19.3. The van der Waals surface area contributed by atoms with E-state index in [0.717, 1.165) is 51.8 Å². The van der Waals surface area contributed by atoms with Crippen LogP contribution < -0.4 is 5.32 Å². The highest BCUT2D eigenvalue weighted by molar-refractivity contribution is 7.99. The molecule has 5 rings (SSSR count). The Morgan fingerprint density at radius 1 is 1.25 bits per heavy atom. The van der Waals surface area contributed by atoms with Gasteiger partial charge < -0.3 is 14.6 Å². The Balaban J connectivity index is 1.33. The Labute approximate surface area is 192 Å². The molecule has 164 valence electrons. The number of nitrogens with one attached hydrogen (secondary N) is 1. The molecule has 0 fully saturated rings. The number of hydrogen-bond acceptors (Lipinski definition) is 8. The van der Waals surface area contributed by atoms with Crippen LogP contribution in [0.5, 0.6) is 0 Å². The predicted molar refractivity (Wildman–Crippen MR) is 125 cm³/mol. The average Bonchev–Trinajstić information content (AvgIpc) is 3.45. The van der Waals surface area contributed by atoms with Crippen molar-refractivity contribution in [2.24, 2.45) is 7.05 Å². The van der Waals surface area contributed by atoms with Crippen LogP contribution in [-0.4, -0.2) is 44.0 Å². The van der Waals surface area contributed by atoms with Crippen LogP contribution in [0.25, 0.3) is 22.1 Å². The van der Waals surface area contributed by atoms with Crippen LogP contribution in [-0.2, 0) is 29.4 Å². The number of para-hydroxylation sites is 1. The molecule has 1 amide bonds. The quantitative estimate of drug-likeness (QED) is 0.338. The summed E-state index contributed by atoms with van der Waals surface area (Å²) in [4.78, 5) is 30.9. The zero-order valence-electron chi connectivity index (χ0n) is 17.7. The molecule has 10 heteroatoms. The van der Waals surface area contributed by atoms with E-state index < -0.39 is 0 Å². The number of aromatic nitrogens is 4. The molecule has 0 atom stereocenters. The number of carbonyl (C=O) groups excluding carboxylic acids is 2. The van der Waals surface area contributed by atoms with Crippen LogP contribution >= 0.6 is 23.1 Å². The second kappa shape index (κ2) is 8.51. The van der Waals surface area contributed by atoms with Gasteiger partial charge in [0.2, 0.25) is 11.1 Å². The van der Waals surface area contributed by atoms with Crippen molar-refractivity contribution in [1.29, 1.82) is 0 Å². The Morgan fingerprint density at radius 2 is 2.09 bits per heavy atom. The van der Waals surface area contributed by atoms with E-state index in [4.69, 9.17) is 4.74 Å². The van der Waals surface area contributed by atoms with Crippen molar-refractivity contribution in [3.8, 4) is 0 Å². The highest BCUT2D eigenvalue weighted by Gasteiger charge is 2.28. The van der Waals surface area contributed by atoms with Crippen LogP contribution in [0.3, 0.4) is 0 Å². The molecule has 1 aliphatic carbocycles. The van der Waals surface area contributed by atoms with E-state index in [1.807, 2.05) is 35.9 Å². The van der Waals surface area contributed by atoms with E-state index in [9.17, 15) is 9.59 Å². The van der Waals surface area contributed by atoms with E-state index in [1.165, 1.54) is 23.1 Å². The first-order valence-corrected chi connectivity index (χ1v) is 12.2. The normalized spacial score (nSPS) is 12.9. The molecule has 0 radical (unpaired) electrons. The average molecular weight is 468 g/mol. The van der Waals surface area contributed by atoms with Crippen molar-refractivity contribution >= 4 is 62.0 Å². The summed E-state index contributed by atoms with van der Waals surface area (Å²) in [6, 6.07) is 7.94. The summed E-state index contributed by atoms with van der Waals surface area (Å²) in [5.74, 6) is -0.480. The Kier molecular flexibility index (Phi) is 5.56. The fourth-order valence-corrected chi connectivity index (χ4v) is 5.93. The van der Waals surface area contributed by atoms with Gasteiger partial charge >= 0.3 is 5.97 Å². The number of fused-ring (bicyclic) bond motifs is 4. The maximum absolute atomic E-state index is 12.7. The van der Waals surface area contributed by atoms with Crippen molar-refractivity contribution < 1.29 is 14.3 Å². The smallest absolute Gasteiger partial charge is 0.341 e. The van der Waals surface area contributed by atoms with Crippen molar-refractivity contribution in [2.75, 3.05) is 17.7 Å². The number of carbonyl (C=O) groups is 2. The minimum Gasteiger partial charge on any atom is -0.462 e. The van der Waals surface area contributed by atoms with Gasteiger partial charge in [-0.25, -0.2) is 9.78 Å².